The number of hydrogen-bond donors (Lipinski definition) is 0. The van der Waals surface area contributed by atoms with Gasteiger partial charge in [0.15, 0.2) is 0 Å². The molecule has 2 aromatic heterocycles. The highest BCUT2D eigenvalue weighted by molar-refractivity contribution is 5.92. The lowest BCUT2D eigenvalue weighted by atomic mass is 10.1. The largest absolute Gasteiger partial charge is 0.367 e. The van der Waals surface area contributed by atoms with E-state index in [1.807, 2.05) is 18.5 Å². The fraction of sp³-hybridized carbons (Fsp3) is 0.263. The molecule has 23 heavy (non-hydrogen) atoms. The molecule has 3 heterocycles. The van der Waals surface area contributed by atoms with Gasteiger partial charge >= 0.3 is 0 Å². The van der Waals surface area contributed by atoms with Crippen LogP contribution in [-0.2, 0) is 0 Å². The van der Waals surface area contributed by atoms with Crippen molar-refractivity contribution in [1.29, 1.82) is 0 Å². The lowest BCUT2D eigenvalue weighted by molar-refractivity contribution is 0.654. The van der Waals surface area contributed by atoms with Crippen molar-refractivity contribution in [3.05, 3.63) is 60.6 Å². The summed E-state index contributed by atoms with van der Waals surface area (Å²) in [6.07, 6.45) is 3.77. The Kier molecular flexibility index (Phi) is 3.58. The molecular weight excluding hydrogens is 284 g/mol. The predicted octanol–water partition coefficient (Wildman–Crippen LogP) is 3.26. The van der Waals surface area contributed by atoms with Crippen molar-refractivity contribution in [3.63, 3.8) is 0 Å². The second-order valence-electron chi connectivity index (χ2n) is 5.99. The van der Waals surface area contributed by atoms with E-state index in [0.717, 1.165) is 37.4 Å². The van der Waals surface area contributed by atoms with Gasteiger partial charge in [-0.3, -0.25) is 9.97 Å². The molecule has 0 unspecified atom stereocenters. The van der Waals surface area contributed by atoms with Crippen molar-refractivity contribution in [1.82, 2.24) is 9.97 Å². The molecule has 0 radical (unpaired) electrons. The maximum atomic E-state index is 4.65. The van der Waals surface area contributed by atoms with Crippen LogP contribution in [0, 0.1) is 6.92 Å². The fourth-order valence-corrected chi connectivity index (χ4v) is 3.29. The molecule has 0 N–H and O–H groups in total. The van der Waals surface area contributed by atoms with Gasteiger partial charge in [0, 0.05) is 49.1 Å². The normalized spacial score (nSPS) is 15.2. The number of aromatic nitrogens is 2. The minimum absolute atomic E-state index is 1.02. The zero-order valence-corrected chi connectivity index (χ0v) is 13.3. The smallest absolute Gasteiger partial charge is 0.0726 e. The van der Waals surface area contributed by atoms with Gasteiger partial charge in [-0.15, -0.1) is 0 Å². The molecule has 1 saturated heterocycles. The number of para-hydroxylation sites is 1. The Morgan fingerprint density at radius 3 is 2.48 bits per heavy atom. The number of piperazine rings is 1. The van der Waals surface area contributed by atoms with E-state index in [1.165, 1.54) is 16.8 Å². The van der Waals surface area contributed by atoms with Crippen molar-refractivity contribution < 1.29 is 0 Å². The van der Waals surface area contributed by atoms with Crippen LogP contribution in [0.3, 0.4) is 0 Å². The summed E-state index contributed by atoms with van der Waals surface area (Å²) in [6, 6.07) is 14.8. The second-order valence-corrected chi connectivity index (χ2v) is 5.99. The summed E-state index contributed by atoms with van der Waals surface area (Å²) in [5.41, 5.74) is 4.67. The molecule has 0 spiro atoms. The first-order valence-corrected chi connectivity index (χ1v) is 8.07. The number of aryl methyl sites for hydroxylation is 1. The van der Waals surface area contributed by atoms with E-state index in [4.69, 9.17) is 0 Å². The Bertz CT molecular complexity index is 808. The first kappa shape index (κ1) is 14.0. The molecule has 0 aliphatic carbocycles. The summed E-state index contributed by atoms with van der Waals surface area (Å²) < 4.78 is 0. The third-order valence-corrected chi connectivity index (χ3v) is 4.45. The molecule has 1 aliphatic heterocycles. The highest BCUT2D eigenvalue weighted by Gasteiger charge is 2.19. The Labute approximate surface area is 136 Å². The first-order chi connectivity index (χ1) is 11.3. The molecular formula is C19H20N4. The molecule has 0 bridgehead atoms. The molecule has 1 aliphatic rings. The molecule has 0 amide bonds. The molecule has 116 valence electrons. The number of hydrogen-bond acceptors (Lipinski definition) is 4. The van der Waals surface area contributed by atoms with Crippen molar-refractivity contribution in [2.75, 3.05) is 36.0 Å². The van der Waals surface area contributed by atoms with Crippen molar-refractivity contribution in [3.8, 4) is 0 Å². The summed E-state index contributed by atoms with van der Waals surface area (Å²) in [7, 11) is 0. The van der Waals surface area contributed by atoms with Crippen LogP contribution in [0.15, 0.2) is 54.9 Å². The predicted molar refractivity (Wildman–Crippen MR) is 95.1 cm³/mol. The van der Waals surface area contributed by atoms with Gasteiger partial charge in [0.1, 0.15) is 0 Å². The Morgan fingerprint density at radius 2 is 1.70 bits per heavy atom. The third-order valence-electron chi connectivity index (χ3n) is 4.45. The number of rotatable bonds is 2. The molecule has 1 fully saturated rings. The van der Waals surface area contributed by atoms with Crippen LogP contribution in [0.2, 0.25) is 0 Å². The Balaban J connectivity index is 1.59. The lowest BCUT2D eigenvalue weighted by Gasteiger charge is -2.37. The quantitative estimate of drug-likeness (QED) is 0.727. The molecule has 4 rings (SSSR count). The minimum atomic E-state index is 1.02. The molecule has 0 saturated carbocycles. The maximum Gasteiger partial charge on any atom is 0.0726 e. The van der Waals surface area contributed by atoms with Crippen LogP contribution < -0.4 is 9.80 Å². The number of benzene rings is 1. The SMILES string of the molecule is Cc1cc(N2CCN(c3cccnc3)CC2)c2ccccc2n1. The third kappa shape index (κ3) is 2.72. The highest BCUT2D eigenvalue weighted by atomic mass is 15.3. The molecule has 0 atom stereocenters. The van der Waals surface area contributed by atoms with Gasteiger partial charge < -0.3 is 9.80 Å². The van der Waals surface area contributed by atoms with Crippen molar-refractivity contribution in [2.24, 2.45) is 0 Å². The first-order valence-electron chi connectivity index (χ1n) is 8.07. The monoisotopic (exact) mass is 304 g/mol. The van der Waals surface area contributed by atoms with Crippen LogP contribution in [0.25, 0.3) is 10.9 Å². The second kappa shape index (κ2) is 5.88. The fourth-order valence-electron chi connectivity index (χ4n) is 3.29. The summed E-state index contributed by atoms with van der Waals surface area (Å²) >= 11 is 0. The van der Waals surface area contributed by atoms with Crippen LogP contribution in [0.4, 0.5) is 11.4 Å². The minimum Gasteiger partial charge on any atom is -0.367 e. The number of fused-ring (bicyclic) bond motifs is 1. The van der Waals surface area contributed by atoms with Gasteiger partial charge in [-0.1, -0.05) is 18.2 Å². The maximum absolute atomic E-state index is 4.65. The van der Waals surface area contributed by atoms with Gasteiger partial charge in [0.2, 0.25) is 0 Å². The van der Waals surface area contributed by atoms with Gasteiger partial charge in [0.25, 0.3) is 0 Å². The molecule has 4 nitrogen and oxygen atoms in total. The van der Waals surface area contributed by atoms with Gasteiger partial charge in [-0.25, -0.2) is 0 Å². The van der Waals surface area contributed by atoms with Crippen LogP contribution in [0.5, 0.6) is 0 Å². The van der Waals surface area contributed by atoms with Gasteiger partial charge in [0.05, 0.1) is 17.4 Å². The zero-order chi connectivity index (χ0) is 15.6. The van der Waals surface area contributed by atoms with Crippen LogP contribution in [0.1, 0.15) is 5.69 Å². The topological polar surface area (TPSA) is 32.3 Å². The number of nitrogens with zero attached hydrogens (tertiary/aromatic N) is 4. The number of pyridine rings is 2. The molecule has 3 aromatic rings. The van der Waals surface area contributed by atoms with E-state index in [-0.39, 0.29) is 0 Å². The average molecular weight is 304 g/mol. The van der Waals surface area contributed by atoms with Crippen molar-refractivity contribution in [2.45, 2.75) is 6.92 Å². The highest BCUT2D eigenvalue weighted by Crippen LogP contribution is 2.28. The van der Waals surface area contributed by atoms with Crippen molar-refractivity contribution >= 4 is 22.3 Å². The van der Waals surface area contributed by atoms with Gasteiger partial charge in [-0.05, 0) is 31.2 Å². The standard InChI is InChI=1S/C19H20N4/c1-15-13-19(17-6-2-3-7-18(17)21-15)23-11-9-22(10-12-23)16-5-4-8-20-14-16/h2-8,13-14H,9-12H2,1H3. The van der Waals surface area contributed by atoms with E-state index in [2.05, 4.69) is 63.1 Å². The van der Waals surface area contributed by atoms with Gasteiger partial charge in [-0.2, -0.15) is 0 Å². The van der Waals surface area contributed by atoms with Crippen LogP contribution >= 0.6 is 0 Å². The van der Waals surface area contributed by atoms with E-state index in [9.17, 15) is 0 Å². The molecule has 1 aromatic carbocycles. The molecule has 4 heteroatoms. The van der Waals surface area contributed by atoms with E-state index >= 15 is 0 Å². The zero-order valence-electron chi connectivity index (χ0n) is 13.3. The van der Waals surface area contributed by atoms with E-state index < -0.39 is 0 Å². The van der Waals surface area contributed by atoms with E-state index in [1.54, 1.807) is 0 Å². The summed E-state index contributed by atoms with van der Waals surface area (Å²) in [6.45, 7) is 6.13. The van der Waals surface area contributed by atoms with E-state index in [0.29, 0.717) is 0 Å². The summed E-state index contributed by atoms with van der Waals surface area (Å²) in [4.78, 5) is 13.8. The van der Waals surface area contributed by atoms with Crippen LogP contribution in [-0.4, -0.2) is 36.1 Å². The number of anilines is 2. The Morgan fingerprint density at radius 1 is 0.913 bits per heavy atom. The summed E-state index contributed by atoms with van der Waals surface area (Å²) in [5, 5.41) is 1.24. The average Bonchev–Trinajstić information content (AvgIpc) is 2.62. The summed E-state index contributed by atoms with van der Waals surface area (Å²) in [5.74, 6) is 0. The lowest BCUT2D eigenvalue weighted by Crippen LogP contribution is -2.46. The Hall–Kier alpha value is -2.62.